The number of nitro groups is 1. The van der Waals surface area contributed by atoms with Gasteiger partial charge in [-0.2, -0.15) is 0 Å². The van der Waals surface area contributed by atoms with Gasteiger partial charge in [0.2, 0.25) is 0 Å². The summed E-state index contributed by atoms with van der Waals surface area (Å²) in [7, 11) is 3.09. The predicted octanol–water partition coefficient (Wildman–Crippen LogP) is 4.47. The van der Waals surface area contributed by atoms with Gasteiger partial charge in [-0.15, -0.1) is 0 Å². The van der Waals surface area contributed by atoms with Crippen LogP contribution in [0.25, 0.3) is 0 Å². The van der Waals surface area contributed by atoms with Crippen LogP contribution >= 0.6 is 0 Å². The fourth-order valence-corrected chi connectivity index (χ4v) is 4.35. The highest BCUT2D eigenvalue weighted by Crippen LogP contribution is 2.41. The van der Waals surface area contributed by atoms with Gasteiger partial charge in [0, 0.05) is 43.7 Å². The number of benzene rings is 1. The van der Waals surface area contributed by atoms with E-state index in [4.69, 9.17) is 18.9 Å². The number of carbonyl (C=O) groups is 2. The molecule has 0 fully saturated rings. The van der Waals surface area contributed by atoms with E-state index in [1.165, 1.54) is 18.2 Å². The van der Waals surface area contributed by atoms with Crippen LogP contribution in [0.15, 0.2) is 40.5 Å². The van der Waals surface area contributed by atoms with Crippen molar-refractivity contribution < 1.29 is 33.5 Å². The molecule has 37 heavy (non-hydrogen) atoms. The van der Waals surface area contributed by atoms with Gasteiger partial charge in [0.25, 0.3) is 5.69 Å². The Bertz CT molecular complexity index is 1050. The number of ether oxygens (including phenoxy) is 4. The highest BCUT2D eigenvalue weighted by molar-refractivity contribution is 6.07. The molecule has 0 aliphatic carbocycles. The molecule has 10 nitrogen and oxygen atoms in total. The summed E-state index contributed by atoms with van der Waals surface area (Å²) in [6, 6.07) is 5.89. The Labute approximate surface area is 218 Å². The van der Waals surface area contributed by atoms with E-state index in [1.807, 2.05) is 27.7 Å². The molecule has 1 aromatic carbocycles. The lowest BCUT2D eigenvalue weighted by atomic mass is 9.75. The fraction of sp³-hybridized carbons (Fsp3) is 0.593. The van der Waals surface area contributed by atoms with Gasteiger partial charge in [-0.3, -0.25) is 19.9 Å². The first-order chi connectivity index (χ1) is 17.4. The van der Waals surface area contributed by atoms with E-state index in [0.717, 1.165) is 0 Å². The first kappa shape index (κ1) is 30.1. The van der Waals surface area contributed by atoms with Gasteiger partial charge in [0.1, 0.15) is 19.1 Å². The second-order valence-corrected chi connectivity index (χ2v) is 9.82. The first-order valence-corrected chi connectivity index (χ1v) is 12.3. The lowest BCUT2D eigenvalue weighted by Gasteiger charge is -2.32. The quantitative estimate of drug-likeness (QED) is 0.225. The van der Waals surface area contributed by atoms with Crippen LogP contribution in [-0.2, 0) is 28.5 Å². The molecule has 1 aliphatic heterocycles. The van der Waals surface area contributed by atoms with Crippen molar-refractivity contribution in [3.63, 3.8) is 0 Å². The molecule has 4 unspecified atom stereocenters. The number of esters is 2. The largest absolute Gasteiger partial charge is 0.462 e. The van der Waals surface area contributed by atoms with Crippen molar-refractivity contribution in [3.8, 4) is 0 Å². The third-order valence-corrected chi connectivity index (χ3v) is 6.60. The summed E-state index contributed by atoms with van der Waals surface area (Å²) >= 11 is 0. The molecule has 10 heteroatoms. The SMILES string of the molecule is COC(COC(=O)C1=C(C)N=C(C)C(C(=O)OCC(OC)C(C)C)C1c1cccc([N+](=O)[O-])c1)C(C)C. The zero-order chi connectivity index (χ0) is 27.9. The van der Waals surface area contributed by atoms with Gasteiger partial charge in [0.15, 0.2) is 0 Å². The molecule has 0 amide bonds. The highest BCUT2D eigenvalue weighted by atomic mass is 16.6. The Hall–Kier alpha value is -3.11. The standard InChI is InChI=1S/C27H38N2O8/c1-15(2)21(34-7)13-36-26(30)23-17(5)28-18(6)24(27(31)37-14-22(35-8)16(3)4)25(23)19-10-9-11-20(12-19)29(32)33/h9-12,15-16,21-23,25H,13-14H2,1-8H3. The minimum Gasteiger partial charge on any atom is -0.462 e. The van der Waals surface area contributed by atoms with Crippen molar-refractivity contribution in [1.29, 1.82) is 0 Å². The van der Waals surface area contributed by atoms with E-state index >= 15 is 0 Å². The molecule has 0 bridgehead atoms. The summed E-state index contributed by atoms with van der Waals surface area (Å²) in [6.07, 6.45) is -0.637. The number of aliphatic imine (C=N–C) groups is 1. The molecular formula is C27H38N2O8. The summed E-state index contributed by atoms with van der Waals surface area (Å²) in [5, 5.41) is 11.5. The number of hydrogen-bond acceptors (Lipinski definition) is 9. The summed E-state index contributed by atoms with van der Waals surface area (Å²) < 4.78 is 22.1. The predicted molar refractivity (Wildman–Crippen MR) is 138 cm³/mol. The summed E-state index contributed by atoms with van der Waals surface area (Å²) in [5.41, 5.74) is 1.22. The second kappa shape index (κ2) is 13.4. The van der Waals surface area contributed by atoms with E-state index in [1.54, 1.807) is 34.1 Å². The number of nitrogens with zero attached hydrogens (tertiary/aromatic N) is 2. The minimum absolute atomic E-state index is 0.00710. The van der Waals surface area contributed by atoms with Crippen LogP contribution < -0.4 is 0 Å². The molecular weight excluding hydrogens is 480 g/mol. The Morgan fingerprint density at radius 1 is 1.00 bits per heavy atom. The Morgan fingerprint density at radius 3 is 2.08 bits per heavy atom. The minimum atomic E-state index is -0.985. The zero-order valence-electron chi connectivity index (χ0n) is 22.8. The molecule has 0 N–H and O–H groups in total. The monoisotopic (exact) mass is 518 g/mol. The number of rotatable bonds is 12. The van der Waals surface area contributed by atoms with Crippen molar-refractivity contribution in [2.24, 2.45) is 22.7 Å². The summed E-state index contributed by atoms with van der Waals surface area (Å²) in [6.45, 7) is 11.2. The van der Waals surface area contributed by atoms with Crippen molar-refractivity contribution >= 4 is 23.3 Å². The topological polar surface area (TPSA) is 127 Å². The maximum absolute atomic E-state index is 13.4. The van der Waals surface area contributed by atoms with E-state index in [-0.39, 0.29) is 48.5 Å². The van der Waals surface area contributed by atoms with Crippen LogP contribution in [0, 0.1) is 27.9 Å². The van der Waals surface area contributed by atoms with E-state index in [0.29, 0.717) is 17.0 Å². The van der Waals surface area contributed by atoms with E-state index in [2.05, 4.69) is 4.99 Å². The Kier molecular flexibility index (Phi) is 10.9. The molecule has 1 aromatic rings. The van der Waals surface area contributed by atoms with Gasteiger partial charge >= 0.3 is 11.9 Å². The molecule has 0 saturated heterocycles. The van der Waals surface area contributed by atoms with Crippen LogP contribution in [0.4, 0.5) is 5.69 Å². The number of nitro benzene ring substituents is 1. The third kappa shape index (κ3) is 7.45. The van der Waals surface area contributed by atoms with Crippen LogP contribution in [0.3, 0.4) is 0 Å². The van der Waals surface area contributed by atoms with Crippen molar-refractivity contribution in [1.82, 2.24) is 0 Å². The van der Waals surface area contributed by atoms with Gasteiger partial charge in [0.05, 0.1) is 22.7 Å². The molecule has 204 valence electrons. The van der Waals surface area contributed by atoms with E-state index < -0.39 is 28.7 Å². The number of allylic oxidation sites excluding steroid dienone is 1. The molecule has 0 radical (unpaired) electrons. The third-order valence-electron chi connectivity index (χ3n) is 6.60. The second-order valence-electron chi connectivity index (χ2n) is 9.82. The van der Waals surface area contributed by atoms with Crippen LogP contribution in [0.2, 0.25) is 0 Å². The lowest BCUT2D eigenvalue weighted by molar-refractivity contribution is -0.384. The number of non-ortho nitro benzene ring substituents is 1. The molecule has 0 saturated carbocycles. The van der Waals surface area contributed by atoms with Crippen LogP contribution in [0.5, 0.6) is 0 Å². The molecule has 0 spiro atoms. The summed E-state index contributed by atoms with van der Waals surface area (Å²) in [4.78, 5) is 42.3. The maximum Gasteiger partial charge on any atom is 0.336 e. The van der Waals surface area contributed by atoms with Crippen molar-refractivity contribution in [3.05, 3.63) is 51.2 Å². The van der Waals surface area contributed by atoms with E-state index in [9.17, 15) is 19.7 Å². The maximum atomic E-state index is 13.4. The van der Waals surface area contributed by atoms with Crippen LogP contribution in [-0.4, -0.2) is 62.2 Å². The van der Waals surface area contributed by atoms with Crippen molar-refractivity contribution in [2.75, 3.05) is 27.4 Å². The lowest BCUT2D eigenvalue weighted by Crippen LogP contribution is -2.38. The van der Waals surface area contributed by atoms with Gasteiger partial charge in [-0.25, -0.2) is 4.79 Å². The molecule has 2 rings (SSSR count). The first-order valence-electron chi connectivity index (χ1n) is 12.3. The average Bonchev–Trinajstić information content (AvgIpc) is 2.83. The fourth-order valence-electron chi connectivity index (χ4n) is 4.35. The Balaban J connectivity index is 2.52. The van der Waals surface area contributed by atoms with Gasteiger partial charge in [-0.05, 0) is 31.2 Å². The van der Waals surface area contributed by atoms with Gasteiger partial charge < -0.3 is 18.9 Å². The molecule has 0 aromatic heterocycles. The van der Waals surface area contributed by atoms with Gasteiger partial charge in [-0.1, -0.05) is 39.8 Å². The number of methoxy groups -OCH3 is 2. The zero-order valence-corrected chi connectivity index (χ0v) is 22.8. The summed E-state index contributed by atoms with van der Waals surface area (Å²) in [5.74, 6) is -2.94. The highest BCUT2D eigenvalue weighted by Gasteiger charge is 2.43. The average molecular weight is 519 g/mol. The molecule has 1 heterocycles. The number of carbonyl (C=O) groups excluding carboxylic acids is 2. The molecule has 4 atom stereocenters. The Morgan fingerprint density at radius 2 is 1.57 bits per heavy atom. The smallest absolute Gasteiger partial charge is 0.336 e. The van der Waals surface area contributed by atoms with Crippen molar-refractivity contribution in [2.45, 2.75) is 59.7 Å². The normalized spacial score (nSPS) is 19.5. The molecule has 1 aliphatic rings. The number of hydrogen-bond donors (Lipinski definition) is 0. The van der Waals surface area contributed by atoms with Crippen LogP contribution in [0.1, 0.15) is 53.0 Å².